The van der Waals surface area contributed by atoms with E-state index in [9.17, 15) is 8.42 Å². The Balaban J connectivity index is 1.65. The van der Waals surface area contributed by atoms with Gasteiger partial charge in [-0.2, -0.15) is 8.42 Å². The number of ether oxygens (including phenoxy) is 13. The SMILES string of the molecule is COCCCOCCOCCOCCOCCOCCOCCOCCOCCOCCOCCOCCOCCOS(=O)(=O)c1ccc(C)cc1. The summed E-state index contributed by atoms with van der Waals surface area (Å²) in [4.78, 5) is 0.127. The molecule has 1 aromatic rings. The van der Waals surface area contributed by atoms with E-state index in [1.165, 1.54) is 12.1 Å². The Hall–Kier alpha value is -1.39. The van der Waals surface area contributed by atoms with Crippen LogP contribution in [0.1, 0.15) is 12.0 Å². The average Bonchev–Trinajstić information content (AvgIpc) is 3.14. The normalized spacial score (nSPS) is 11.9. The first-order chi connectivity index (χ1) is 25.6. The third-order valence-electron chi connectivity index (χ3n) is 6.51. The van der Waals surface area contributed by atoms with Crippen molar-refractivity contribution >= 4 is 10.1 Å². The quantitative estimate of drug-likeness (QED) is 0.0699. The smallest absolute Gasteiger partial charge is 0.297 e. The fraction of sp³-hybridized carbons (Fsp3) is 0.829. The van der Waals surface area contributed by atoms with E-state index < -0.39 is 10.1 Å². The molecule has 17 heteroatoms. The molecule has 0 amide bonds. The number of methoxy groups -OCH3 is 1. The molecule has 0 unspecified atom stereocenters. The summed E-state index contributed by atoms with van der Waals surface area (Å²) in [5.41, 5.74) is 0.974. The molecule has 0 saturated heterocycles. The van der Waals surface area contributed by atoms with E-state index in [1.54, 1.807) is 19.2 Å². The van der Waals surface area contributed by atoms with Crippen LogP contribution in [0.25, 0.3) is 0 Å². The molecule has 52 heavy (non-hydrogen) atoms. The van der Waals surface area contributed by atoms with Crippen molar-refractivity contribution in [2.24, 2.45) is 0 Å². The van der Waals surface area contributed by atoms with Gasteiger partial charge in [0.1, 0.15) is 0 Å². The van der Waals surface area contributed by atoms with Crippen molar-refractivity contribution in [1.29, 1.82) is 0 Å². The summed E-state index contributed by atoms with van der Waals surface area (Å²) in [6, 6.07) is 6.48. The van der Waals surface area contributed by atoms with Gasteiger partial charge in [0.2, 0.25) is 0 Å². The second kappa shape index (κ2) is 37.9. The zero-order chi connectivity index (χ0) is 37.5. The molecule has 1 aromatic carbocycles. The van der Waals surface area contributed by atoms with Crippen molar-refractivity contribution in [3.8, 4) is 0 Å². The van der Waals surface area contributed by atoms with Crippen LogP contribution in [0.3, 0.4) is 0 Å². The lowest BCUT2D eigenvalue weighted by Gasteiger charge is -2.09. The Labute approximate surface area is 310 Å². The van der Waals surface area contributed by atoms with Crippen LogP contribution in [0, 0.1) is 6.92 Å². The summed E-state index contributed by atoms with van der Waals surface area (Å²) in [6.07, 6.45) is 0.890. The van der Waals surface area contributed by atoms with Crippen LogP contribution in [0.2, 0.25) is 0 Å². The predicted molar refractivity (Wildman–Crippen MR) is 191 cm³/mol. The van der Waals surface area contributed by atoms with Crippen LogP contribution in [0.15, 0.2) is 29.2 Å². The molecule has 0 spiro atoms. The van der Waals surface area contributed by atoms with Crippen molar-refractivity contribution in [3.63, 3.8) is 0 Å². The Kier molecular flexibility index (Phi) is 35.4. The molecule has 0 bridgehead atoms. The monoisotopic (exact) mass is 772 g/mol. The Morgan fingerprint density at radius 2 is 0.615 bits per heavy atom. The van der Waals surface area contributed by atoms with Crippen LogP contribution in [-0.2, 0) is 75.9 Å². The maximum Gasteiger partial charge on any atom is 0.297 e. The van der Waals surface area contributed by atoms with E-state index in [-0.39, 0.29) is 18.1 Å². The van der Waals surface area contributed by atoms with E-state index in [0.29, 0.717) is 159 Å². The molecule has 0 atom stereocenters. The number of aryl methyl sites for hydroxylation is 1. The largest absolute Gasteiger partial charge is 0.385 e. The summed E-state index contributed by atoms with van der Waals surface area (Å²) in [5.74, 6) is 0. The van der Waals surface area contributed by atoms with Gasteiger partial charge in [0.05, 0.1) is 163 Å². The molecule has 1 rings (SSSR count). The van der Waals surface area contributed by atoms with E-state index in [1.807, 2.05) is 6.92 Å². The summed E-state index contributed by atoms with van der Waals surface area (Å²) < 4.78 is 99.5. The molecule has 0 saturated carbocycles. The van der Waals surface area contributed by atoms with Gasteiger partial charge in [-0.3, -0.25) is 4.18 Å². The number of rotatable bonds is 42. The van der Waals surface area contributed by atoms with E-state index in [0.717, 1.165) is 12.0 Å². The summed E-state index contributed by atoms with van der Waals surface area (Å²) in [7, 11) is -2.10. The second-order valence-corrected chi connectivity index (χ2v) is 12.4. The minimum absolute atomic E-state index is 0.0614. The van der Waals surface area contributed by atoms with Gasteiger partial charge >= 0.3 is 0 Å². The molecular formula is C35H64O16S. The van der Waals surface area contributed by atoms with Crippen molar-refractivity contribution < 1.29 is 74.2 Å². The zero-order valence-corrected chi connectivity index (χ0v) is 32.2. The molecule has 0 fully saturated rings. The van der Waals surface area contributed by atoms with Crippen molar-refractivity contribution in [3.05, 3.63) is 29.8 Å². The average molecular weight is 773 g/mol. The maximum absolute atomic E-state index is 12.1. The highest BCUT2D eigenvalue weighted by Crippen LogP contribution is 2.12. The van der Waals surface area contributed by atoms with Crippen LogP contribution < -0.4 is 0 Å². The lowest BCUT2D eigenvalue weighted by Crippen LogP contribution is -2.16. The van der Waals surface area contributed by atoms with Crippen LogP contribution in [0.5, 0.6) is 0 Å². The fourth-order valence-corrected chi connectivity index (χ4v) is 4.70. The molecule has 16 nitrogen and oxygen atoms in total. The third-order valence-corrected chi connectivity index (χ3v) is 7.83. The predicted octanol–water partition coefficient (Wildman–Crippen LogP) is 1.94. The van der Waals surface area contributed by atoms with Crippen LogP contribution in [0.4, 0.5) is 0 Å². The van der Waals surface area contributed by atoms with Crippen molar-refractivity contribution in [2.45, 2.75) is 18.2 Å². The fourth-order valence-electron chi connectivity index (χ4n) is 3.80. The summed E-state index contributed by atoms with van der Waals surface area (Å²) in [5, 5.41) is 0. The lowest BCUT2D eigenvalue weighted by atomic mass is 10.2. The van der Waals surface area contributed by atoms with Gasteiger partial charge < -0.3 is 61.6 Å². The molecule has 0 radical (unpaired) electrons. The first kappa shape index (κ1) is 48.6. The lowest BCUT2D eigenvalue weighted by molar-refractivity contribution is -0.0286. The minimum atomic E-state index is -3.78. The van der Waals surface area contributed by atoms with Gasteiger partial charge in [-0.15, -0.1) is 0 Å². The third kappa shape index (κ3) is 33.2. The number of hydrogen-bond acceptors (Lipinski definition) is 16. The van der Waals surface area contributed by atoms with Gasteiger partial charge in [-0.25, -0.2) is 0 Å². The molecule has 0 aliphatic carbocycles. The van der Waals surface area contributed by atoms with Crippen LogP contribution >= 0.6 is 0 Å². The minimum Gasteiger partial charge on any atom is -0.385 e. The molecular weight excluding hydrogens is 708 g/mol. The molecule has 0 heterocycles. The first-order valence-corrected chi connectivity index (χ1v) is 19.3. The standard InChI is InChI=1S/C35H64O16S/c1-34-4-6-35(7-5-34)52(36,37)51-33-32-50-31-30-49-29-28-48-27-26-47-25-24-46-23-22-45-21-20-44-19-18-43-17-16-42-15-14-41-13-12-40-11-10-39-9-3-8-38-2/h4-7H,3,8-33H2,1-2H3. The topological polar surface area (TPSA) is 163 Å². The second-order valence-electron chi connectivity index (χ2n) is 10.8. The van der Waals surface area contributed by atoms with Gasteiger partial charge in [0, 0.05) is 20.3 Å². The van der Waals surface area contributed by atoms with E-state index >= 15 is 0 Å². The van der Waals surface area contributed by atoms with Crippen molar-refractivity contribution in [2.75, 3.05) is 179 Å². The van der Waals surface area contributed by atoms with Gasteiger partial charge in [-0.05, 0) is 25.5 Å². The van der Waals surface area contributed by atoms with Crippen molar-refractivity contribution in [1.82, 2.24) is 0 Å². The number of hydrogen-bond donors (Lipinski definition) is 0. The zero-order valence-electron chi connectivity index (χ0n) is 31.3. The molecule has 306 valence electrons. The van der Waals surface area contributed by atoms with Gasteiger partial charge in [0.25, 0.3) is 10.1 Å². The van der Waals surface area contributed by atoms with E-state index in [4.69, 9.17) is 65.8 Å². The first-order valence-electron chi connectivity index (χ1n) is 17.9. The number of benzene rings is 1. The Morgan fingerprint density at radius 3 is 0.885 bits per heavy atom. The molecule has 0 aromatic heterocycles. The van der Waals surface area contributed by atoms with Crippen LogP contribution in [-0.4, -0.2) is 187 Å². The highest BCUT2D eigenvalue weighted by molar-refractivity contribution is 7.86. The highest BCUT2D eigenvalue weighted by Gasteiger charge is 2.14. The summed E-state index contributed by atoms with van der Waals surface area (Å²) >= 11 is 0. The molecule has 0 aliphatic rings. The molecule has 0 aliphatic heterocycles. The maximum atomic E-state index is 12.1. The Bertz CT molecular complexity index is 970. The summed E-state index contributed by atoms with van der Waals surface area (Å²) in [6.45, 7) is 13.9. The van der Waals surface area contributed by atoms with Gasteiger partial charge in [-0.1, -0.05) is 17.7 Å². The Morgan fingerprint density at radius 1 is 0.365 bits per heavy atom. The van der Waals surface area contributed by atoms with Gasteiger partial charge in [0.15, 0.2) is 0 Å². The highest BCUT2D eigenvalue weighted by atomic mass is 32.2. The molecule has 0 N–H and O–H groups in total. The van der Waals surface area contributed by atoms with E-state index in [2.05, 4.69) is 0 Å².